The van der Waals surface area contributed by atoms with Gasteiger partial charge in [0.15, 0.2) is 5.60 Å². The van der Waals surface area contributed by atoms with Crippen LogP contribution in [0.15, 0.2) is 103 Å². The van der Waals surface area contributed by atoms with E-state index in [0.29, 0.717) is 11.3 Å². The van der Waals surface area contributed by atoms with Crippen LogP contribution in [0.1, 0.15) is 66.0 Å². The second-order valence-corrected chi connectivity index (χ2v) is 11.8. The average Bonchev–Trinajstić information content (AvgIpc) is 3.66. The number of fused-ring (bicyclic) bond motifs is 4. The lowest BCUT2D eigenvalue weighted by Crippen LogP contribution is -2.34. The van der Waals surface area contributed by atoms with Crippen molar-refractivity contribution in [1.29, 1.82) is 0 Å². The van der Waals surface area contributed by atoms with Gasteiger partial charge in [-0.3, -0.25) is 0 Å². The fourth-order valence-corrected chi connectivity index (χ4v) is 7.34. The molecule has 2 aliphatic rings. The first kappa shape index (κ1) is 27.1. The van der Waals surface area contributed by atoms with Gasteiger partial charge in [0.2, 0.25) is 0 Å². The third-order valence-electron chi connectivity index (χ3n) is 9.34. The van der Waals surface area contributed by atoms with E-state index in [4.69, 9.17) is 9.47 Å². The van der Waals surface area contributed by atoms with Gasteiger partial charge in [-0.05, 0) is 49.2 Å². The third kappa shape index (κ3) is 3.73. The van der Waals surface area contributed by atoms with E-state index < -0.39 is 5.60 Å². The first-order valence-corrected chi connectivity index (χ1v) is 15.0. The Labute approximate surface area is 253 Å². The average molecular weight is 569 g/mol. The van der Waals surface area contributed by atoms with Crippen molar-refractivity contribution in [2.24, 2.45) is 0 Å². The molecule has 7 rings (SSSR count). The molecule has 43 heavy (non-hydrogen) atoms. The highest BCUT2D eigenvalue weighted by Gasteiger charge is 2.56. The highest BCUT2D eigenvalue weighted by atomic mass is 16.6. The number of carbonyl (C=O) groups is 1. The molecule has 0 aliphatic carbocycles. The van der Waals surface area contributed by atoms with Gasteiger partial charge in [-0.1, -0.05) is 80.6 Å². The topological polar surface area (TPSA) is 43.7 Å². The van der Waals surface area contributed by atoms with Crippen molar-refractivity contribution in [2.45, 2.75) is 38.7 Å². The Kier molecular flexibility index (Phi) is 6.24. The van der Waals surface area contributed by atoms with Crippen molar-refractivity contribution >= 4 is 11.7 Å². The van der Waals surface area contributed by atoms with Gasteiger partial charge < -0.3 is 18.9 Å². The highest BCUT2D eigenvalue weighted by molar-refractivity contribution is 5.97. The minimum absolute atomic E-state index is 0.335. The van der Waals surface area contributed by atoms with Gasteiger partial charge in [0.1, 0.15) is 5.75 Å². The standard InChI is InChI=1S/C38H36N2O3/c1-6-39(7-2)26-21-22-31(33(23-26)42-5)38(29-18-12-11-17-27(29)36(41)43-38)34-28(25-15-9-8-10-16-25)24-40-32-20-14-13-19-30(32)37(3,4)35(34)40/h8-24H,6-7H2,1-5H3. The zero-order valence-electron chi connectivity index (χ0n) is 25.3. The largest absolute Gasteiger partial charge is 0.496 e. The summed E-state index contributed by atoms with van der Waals surface area (Å²) in [5.41, 5.74) is 8.19. The van der Waals surface area contributed by atoms with Crippen molar-refractivity contribution in [1.82, 2.24) is 4.57 Å². The zero-order valence-corrected chi connectivity index (χ0v) is 25.3. The molecular formula is C38H36N2O3. The second kappa shape index (κ2) is 9.91. The molecule has 1 aromatic heterocycles. The Hall–Kier alpha value is -4.77. The number of hydrogen-bond acceptors (Lipinski definition) is 4. The van der Waals surface area contributed by atoms with Crippen LogP contribution in [0.25, 0.3) is 16.8 Å². The molecule has 5 heteroatoms. The van der Waals surface area contributed by atoms with E-state index in [1.165, 1.54) is 5.56 Å². The summed E-state index contributed by atoms with van der Waals surface area (Å²) in [5, 5.41) is 0. The molecule has 0 spiro atoms. The molecule has 5 aromatic rings. The van der Waals surface area contributed by atoms with Crippen LogP contribution in [0.4, 0.5) is 5.69 Å². The normalized spacial score (nSPS) is 17.7. The van der Waals surface area contributed by atoms with Crippen LogP contribution in [0.5, 0.6) is 5.75 Å². The molecule has 0 saturated heterocycles. The summed E-state index contributed by atoms with van der Waals surface area (Å²) >= 11 is 0. The number of cyclic esters (lactones) is 1. The number of hydrogen-bond donors (Lipinski definition) is 0. The van der Waals surface area contributed by atoms with Crippen molar-refractivity contribution in [2.75, 3.05) is 25.1 Å². The molecule has 0 fully saturated rings. The van der Waals surface area contributed by atoms with Crippen molar-refractivity contribution in [3.05, 3.63) is 137 Å². The van der Waals surface area contributed by atoms with Crippen LogP contribution < -0.4 is 9.64 Å². The van der Waals surface area contributed by atoms with Crippen LogP contribution >= 0.6 is 0 Å². The van der Waals surface area contributed by atoms with E-state index in [2.05, 4.69) is 110 Å². The summed E-state index contributed by atoms with van der Waals surface area (Å²) < 4.78 is 15.2. The monoisotopic (exact) mass is 568 g/mol. The lowest BCUT2D eigenvalue weighted by atomic mass is 9.72. The number of aromatic nitrogens is 1. The van der Waals surface area contributed by atoms with Crippen molar-refractivity contribution in [3.8, 4) is 22.6 Å². The van der Waals surface area contributed by atoms with Crippen molar-refractivity contribution in [3.63, 3.8) is 0 Å². The van der Waals surface area contributed by atoms with Crippen LogP contribution in [-0.2, 0) is 15.8 Å². The Balaban J connectivity index is 1.63. The number of rotatable bonds is 7. The molecular weight excluding hydrogens is 532 g/mol. The van der Waals surface area contributed by atoms with Crippen molar-refractivity contribution < 1.29 is 14.3 Å². The molecule has 216 valence electrons. The maximum Gasteiger partial charge on any atom is 0.340 e. The maximum atomic E-state index is 13.9. The summed E-state index contributed by atoms with van der Waals surface area (Å²) in [7, 11) is 1.70. The summed E-state index contributed by atoms with van der Waals surface area (Å²) in [4.78, 5) is 16.2. The van der Waals surface area contributed by atoms with Crippen LogP contribution in [-0.4, -0.2) is 30.7 Å². The van der Waals surface area contributed by atoms with Gasteiger partial charge >= 0.3 is 5.97 Å². The Bertz CT molecular complexity index is 1870. The number of para-hydroxylation sites is 1. The molecule has 5 nitrogen and oxygen atoms in total. The van der Waals surface area contributed by atoms with E-state index in [1.807, 2.05) is 30.3 Å². The zero-order chi connectivity index (χ0) is 29.9. The van der Waals surface area contributed by atoms with Gasteiger partial charge in [-0.2, -0.15) is 0 Å². The number of esters is 1. The van der Waals surface area contributed by atoms with Gasteiger partial charge in [-0.25, -0.2) is 4.79 Å². The number of benzene rings is 4. The van der Waals surface area contributed by atoms with Gasteiger partial charge in [0, 0.05) is 70.1 Å². The third-order valence-corrected chi connectivity index (χ3v) is 9.34. The molecule has 0 radical (unpaired) electrons. The lowest BCUT2D eigenvalue weighted by molar-refractivity contribution is 0.0242. The molecule has 1 unspecified atom stereocenters. The summed E-state index contributed by atoms with van der Waals surface area (Å²) in [5.74, 6) is 0.346. The quantitative estimate of drug-likeness (QED) is 0.186. The van der Waals surface area contributed by atoms with Crippen LogP contribution in [0, 0.1) is 0 Å². The molecule has 4 aromatic carbocycles. The summed E-state index contributed by atoms with van der Waals surface area (Å²) in [6, 6.07) is 33.1. The lowest BCUT2D eigenvalue weighted by Gasteiger charge is -2.35. The van der Waals surface area contributed by atoms with E-state index in [1.54, 1.807) is 7.11 Å². The molecule has 0 saturated carbocycles. The van der Waals surface area contributed by atoms with E-state index in [0.717, 1.165) is 58.0 Å². The number of carbonyl (C=O) groups excluding carboxylic acids is 1. The smallest absolute Gasteiger partial charge is 0.340 e. The summed E-state index contributed by atoms with van der Waals surface area (Å²) in [6.07, 6.45) is 2.22. The Morgan fingerprint density at radius 2 is 1.47 bits per heavy atom. The fraction of sp³-hybridized carbons (Fsp3) is 0.237. The molecule has 3 heterocycles. The van der Waals surface area contributed by atoms with Crippen LogP contribution in [0.3, 0.4) is 0 Å². The van der Waals surface area contributed by atoms with Gasteiger partial charge in [-0.15, -0.1) is 0 Å². The minimum Gasteiger partial charge on any atom is -0.496 e. The SMILES string of the molecule is CCN(CC)c1ccc(C2(c3c(-c4ccccc4)cn4c3C(C)(C)c3ccccc3-4)OC(=O)c3ccccc32)c(OC)c1. The summed E-state index contributed by atoms with van der Waals surface area (Å²) in [6.45, 7) is 10.6. The number of ether oxygens (including phenoxy) is 2. The van der Waals surface area contributed by atoms with Crippen LogP contribution in [0.2, 0.25) is 0 Å². The fourth-order valence-electron chi connectivity index (χ4n) is 7.34. The first-order chi connectivity index (χ1) is 20.9. The van der Waals surface area contributed by atoms with Gasteiger partial charge in [0.05, 0.1) is 12.7 Å². The molecule has 2 aliphatic heterocycles. The van der Waals surface area contributed by atoms with E-state index in [-0.39, 0.29) is 11.4 Å². The van der Waals surface area contributed by atoms with Gasteiger partial charge in [0.25, 0.3) is 0 Å². The predicted octanol–water partition coefficient (Wildman–Crippen LogP) is 8.10. The molecule has 0 N–H and O–H groups in total. The molecule has 0 bridgehead atoms. The minimum atomic E-state index is -1.24. The predicted molar refractivity (Wildman–Crippen MR) is 172 cm³/mol. The maximum absolute atomic E-state index is 13.9. The highest BCUT2D eigenvalue weighted by Crippen LogP contribution is 2.58. The Morgan fingerprint density at radius 1 is 0.791 bits per heavy atom. The number of anilines is 1. The van der Waals surface area contributed by atoms with E-state index >= 15 is 0 Å². The number of methoxy groups -OCH3 is 1. The molecule has 1 atom stereocenters. The molecule has 0 amide bonds. The van der Waals surface area contributed by atoms with E-state index in [9.17, 15) is 4.79 Å². The Morgan fingerprint density at radius 3 is 2.19 bits per heavy atom. The first-order valence-electron chi connectivity index (χ1n) is 15.0. The second-order valence-electron chi connectivity index (χ2n) is 11.8. The number of nitrogens with zero attached hydrogens (tertiary/aromatic N) is 2.